The van der Waals surface area contributed by atoms with Crippen LogP contribution in [0.2, 0.25) is 0 Å². The van der Waals surface area contributed by atoms with Gasteiger partial charge in [-0.25, -0.2) is 4.39 Å². The molecule has 3 rings (SSSR count). The van der Waals surface area contributed by atoms with Gasteiger partial charge in [-0.3, -0.25) is 0 Å². The Morgan fingerprint density at radius 1 is 1.05 bits per heavy atom. The van der Waals surface area contributed by atoms with Crippen LogP contribution in [0.25, 0.3) is 11.1 Å². The molecule has 6 heteroatoms. The zero-order chi connectivity index (χ0) is 14.5. The van der Waals surface area contributed by atoms with Gasteiger partial charge in [0.2, 0.25) is 0 Å². The number of rotatable bonds is 1. The molecular weight excluding hydrogens is 273 g/mol. The second-order valence-corrected chi connectivity index (χ2v) is 4.45. The lowest BCUT2D eigenvalue weighted by Crippen LogP contribution is -2.25. The van der Waals surface area contributed by atoms with Gasteiger partial charge in [0.1, 0.15) is 0 Å². The molecule has 0 aliphatic carbocycles. The highest BCUT2D eigenvalue weighted by atomic mass is 19.3. The fraction of sp³-hybridized carbons (Fsp3) is 0.143. The molecule has 0 unspecified atom stereocenters. The van der Waals surface area contributed by atoms with Gasteiger partial charge in [-0.2, -0.15) is 0 Å². The van der Waals surface area contributed by atoms with Crippen LogP contribution in [0.1, 0.15) is 5.56 Å². The number of ether oxygens (including phenoxy) is 2. The van der Waals surface area contributed by atoms with Crippen LogP contribution in [0.3, 0.4) is 0 Å². The molecule has 0 radical (unpaired) electrons. The maximum absolute atomic E-state index is 13.4. The van der Waals surface area contributed by atoms with E-state index in [4.69, 9.17) is 0 Å². The van der Waals surface area contributed by atoms with Gasteiger partial charge in [0.15, 0.2) is 23.1 Å². The standard InChI is InChI=1S/C14H9F3O3/c1-7-4-11(18)10(15)6-9(7)8-2-3-12-13(5-8)20-14(16,17)19-12/h2-6,18H,1H3. The lowest BCUT2D eigenvalue weighted by atomic mass is 9.99. The molecule has 1 N–H and O–H groups in total. The van der Waals surface area contributed by atoms with Crippen molar-refractivity contribution in [3.63, 3.8) is 0 Å². The minimum atomic E-state index is -3.68. The van der Waals surface area contributed by atoms with Crippen molar-refractivity contribution >= 4 is 0 Å². The molecule has 1 aliphatic heterocycles. The molecule has 0 bridgehead atoms. The maximum atomic E-state index is 13.4. The van der Waals surface area contributed by atoms with E-state index in [9.17, 15) is 18.3 Å². The molecule has 0 amide bonds. The number of halogens is 3. The first-order valence-corrected chi connectivity index (χ1v) is 5.75. The van der Waals surface area contributed by atoms with Gasteiger partial charge >= 0.3 is 6.29 Å². The highest BCUT2D eigenvalue weighted by molar-refractivity contribution is 5.71. The summed E-state index contributed by atoms with van der Waals surface area (Å²) in [6.45, 7) is 1.67. The number of phenolic OH excluding ortho intramolecular Hbond substituents is 1. The van der Waals surface area contributed by atoms with Crippen LogP contribution >= 0.6 is 0 Å². The number of aryl methyl sites for hydroxylation is 1. The van der Waals surface area contributed by atoms with Crippen LogP contribution < -0.4 is 9.47 Å². The molecule has 104 valence electrons. The molecular formula is C14H9F3O3. The van der Waals surface area contributed by atoms with Crippen molar-refractivity contribution in [3.05, 3.63) is 41.7 Å². The molecule has 3 nitrogen and oxygen atoms in total. The third-order valence-electron chi connectivity index (χ3n) is 3.01. The average Bonchev–Trinajstić information content (AvgIpc) is 2.66. The third-order valence-corrected chi connectivity index (χ3v) is 3.01. The number of phenols is 1. The summed E-state index contributed by atoms with van der Waals surface area (Å²) in [6, 6.07) is 6.59. The number of fused-ring (bicyclic) bond motifs is 1. The van der Waals surface area contributed by atoms with Gasteiger partial charge in [0, 0.05) is 0 Å². The zero-order valence-corrected chi connectivity index (χ0v) is 10.3. The Kier molecular flexibility index (Phi) is 2.57. The Morgan fingerprint density at radius 2 is 1.75 bits per heavy atom. The Hall–Kier alpha value is -2.37. The summed E-state index contributed by atoms with van der Waals surface area (Å²) < 4.78 is 47.9. The quantitative estimate of drug-likeness (QED) is 0.864. The molecule has 2 aromatic rings. The summed E-state index contributed by atoms with van der Waals surface area (Å²) >= 11 is 0. The van der Waals surface area contributed by atoms with E-state index in [0.29, 0.717) is 16.7 Å². The molecule has 2 aromatic carbocycles. The van der Waals surface area contributed by atoms with E-state index in [1.54, 1.807) is 6.92 Å². The van der Waals surface area contributed by atoms with Crippen LogP contribution in [0.4, 0.5) is 13.2 Å². The summed E-state index contributed by atoms with van der Waals surface area (Å²) in [5.41, 5.74) is 1.57. The van der Waals surface area contributed by atoms with Crippen molar-refractivity contribution < 1.29 is 27.8 Å². The Bertz CT molecular complexity index is 698. The van der Waals surface area contributed by atoms with Crippen LogP contribution in [-0.4, -0.2) is 11.4 Å². The van der Waals surface area contributed by atoms with Crippen molar-refractivity contribution in [2.45, 2.75) is 13.2 Å². The smallest absolute Gasteiger partial charge is 0.505 e. The fourth-order valence-electron chi connectivity index (χ4n) is 2.09. The topological polar surface area (TPSA) is 38.7 Å². The van der Waals surface area contributed by atoms with Gasteiger partial charge in [-0.1, -0.05) is 6.07 Å². The molecule has 0 fully saturated rings. The SMILES string of the molecule is Cc1cc(O)c(F)cc1-c1ccc2c(c1)OC(F)(F)O2. The molecule has 20 heavy (non-hydrogen) atoms. The van der Waals surface area contributed by atoms with E-state index in [2.05, 4.69) is 9.47 Å². The summed E-state index contributed by atoms with van der Waals surface area (Å²) in [6.07, 6.45) is -3.68. The van der Waals surface area contributed by atoms with Crippen molar-refractivity contribution in [1.82, 2.24) is 0 Å². The minimum absolute atomic E-state index is 0.0735. The largest absolute Gasteiger partial charge is 0.586 e. The second kappa shape index (κ2) is 4.06. The van der Waals surface area contributed by atoms with Crippen molar-refractivity contribution in [1.29, 1.82) is 0 Å². The third kappa shape index (κ3) is 2.03. The van der Waals surface area contributed by atoms with E-state index in [-0.39, 0.29) is 11.5 Å². The number of hydrogen-bond acceptors (Lipinski definition) is 3. The normalized spacial score (nSPS) is 15.4. The van der Waals surface area contributed by atoms with Gasteiger partial charge in [0.05, 0.1) is 0 Å². The number of hydrogen-bond donors (Lipinski definition) is 1. The van der Waals surface area contributed by atoms with Crippen LogP contribution in [0.5, 0.6) is 17.2 Å². The van der Waals surface area contributed by atoms with E-state index < -0.39 is 17.9 Å². The summed E-state index contributed by atoms with van der Waals surface area (Å²) in [4.78, 5) is 0. The van der Waals surface area contributed by atoms with E-state index in [0.717, 1.165) is 6.07 Å². The Morgan fingerprint density at radius 3 is 2.50 bits per heavy atom. The number of benzene rings is 2. The Labute approximate surface area is 112 Å². The predicted molar refractivity (Wildman–Crippen MR) is 64.4 cm³/mol. The molecule has 0 spiro atoms. The molecule has 1 aliphatic rings. The first-order valence-electron chi connectivity index (χ1n) is 5.75. The number of alkyl halides is 2. The zero-order valence-electron chi connectivity index (χ0n) is 10.3. The van der Waals surface area contributed by atoms with Gasteiger partial charge in [0.25, 0.3) is 0 Å². The fourth-order valence-corrected chi connectivity index (χ4v) is 2.09. The summed E-state index contributed by atoms with van der Waals surface area (Å²) in [5.74, 6) is -1.43. The summed E-state index contributed by atoms with van der Waals surface area (Å²) in [5, 5.41) is 9.28. The second-order valence-electron chi connectivity index (χ2n) is 4.45. The molecule has 1 heterocycles. The maximum Gasteiger partial charge on any atom is 0.586 e. The van der Waals surface area contributed by atoms with Crippen LogP contribution in [0.15, 0.2) is 30.3 Å². The van der Waals surface area contributed by atoms with Crippen molar-refractivity contribution in [3.8, 4) is 28.4 Å². The van der Waals surface area contributed by atoms with E-state index in [1.807, 2.05) is 0 Å². The average molecular weight is 282 g/mol. The molecule has 0 saturated heterocycles. The lowest BCUT2D eigenvalue weighted by Gasteiger charge is -2.08. The van der Waals surface area contributed by atoms with Gasteiger partial charge in [-0.05, 0) is 47.9 Å². The first kappa shape index (κ1) is 12.7. The monoisotopic (exact) mass is 282 g/mol. The van der Waals surface area contributed by atoms with Gasteiger partial charge in [-0.15, -0.1) is 8.78 Å². The minimum Gasteiger partial charge on any atom is -0.505 e. The highest BCUT2D eigenvalue weighted by Gasteiger charge is 2.43. The Balaban J connectivity index is 2.08. The molecule has 0 saturated carbocycles. The molecule has 0 atom stereocenters. The lowest BCUT2D eigenvalue weighted by molar-refractivity contribution is -0.286. The van der Waals surface area contributed by atoms with Crippen LogP contribution in [0, 0.1) is 12.7 Å². The van der Waals surface area contributed by atoms with E-state index in [1.165, 1.54) is 24.3 Å². The molecule has 0 aromatic heterocycles. The van der Waals surface area contributed by atoms with Gasteiger partial charge < -0.3 is 14.6 Å². The summed E-state index contributed by atoms with van der Waals surface area (Å²) in [7, 11) is 0. The van der Waals surface area contributed by atoms with Crippen molar-refractivity contribution in [2.75, 3.05) is 0 Å². The number of aromatic hydroxyl groups is 1. The predicted octanol–water partition coefficient (Wildman–Crippen LogP) is 3.83. The van der Waals surface area contributed by atoms with Crippen molar-refractivity contribution in [2.24, 2.45) is 0 Å². The van der Waals surface area contributed by atoms with E-state index >= 15 is 0 Å². The van der Waals surface area contributed by atoms with Crippen LogP contribution in [-0.2, 0) is 0 Å². The first-order chi connectivity index (χ1) is 9.35. The highest BCUT2D eigenvalue weighted by Crippen LogP contribution is 2.43.